The van der Waals surface area contributed by atoms with Crippen LogP contribution in [0.15, 0.2) is 41.3 Å². The Morgan fingerprint density at radius 3 is 2.32 bits per heavy atom. The molecule has 28 heavy (non-hydrogen) atoms. The smallest absolute Gasteiger partial charge is 0.246 e. The van der Waals surface area contributed by atoms with E-state index in [0.29, 0.717) is 22.1 Å². The quantitative estimate of drug-likeness (QED) is 0.672. The summed E-state index contributed by atoms with van der Waals surface area (Å²) in [6.07, 6.45) is 0. The van der Waals surface area contributed by atoms with Crippen molar-refractivity contribution in [2.45, 2.75) is 4.90 Å². The highest BCUT2D eigenvalue weighted by molar-refractivity contribution is 7.89. The van der Waals surface area contributed by atoms with Crippen LogP contribution in [-0.2, 0) is 14.8 Å². The number of rotatable bonds is 8. The molecule has 0 spiro atoms. The lowest BCUT2D eigenvalue weighted by atomic mass is 10.3. The topological polar surface area (TPSA) is 97.0 Å². The molecule has 8 nitrogen and oxygen atoms in total. The van der Waals surface area contributed by atoms with E-state index in [1.807, 2.05) is 0 Å². The normalized spacial score (nSPS) is 11.2. The molecule has 2 N–H and O–H groups in total. The number of carbonyl (C=O) groups excluding carboxylic acids is 1. The monoisotopic (exact) mass is 427 g/mol. The van der Waals surface area contributed by atoms with Crippen molar-refractivity contribution in [2.24, 2.45) is 0 Å². The predicted molar refractivity (Wildman–Crippen MR) is 109 cm³/mol. The lowest BCUT2D eigenvalue weighted by Gasteiger charge is -2.16. The summed E-state index contributed by atoms with van der Waals surface area (Å²) in [7, 11) is 1.99. The van der Waals surface area contributed by atoms with Crippen LogP contribution in [0.1, 0.15) is 0 Å². The summed E-state index contributed by atoms with van der Waals surface area (Å²) < 4.78 is 36.3. The van der Waals surface area contributed by atoms with E-state index in [-0.39, 0.29) is 23.1 Å². The van der Waals surface area contributed by atoms with Gasteiger partial charge < -0.3 is 20.1 Å². The Kier molecular flexibility index (Phi) is 7.11. The Labute approximate surface area is 169 Å². The molecule has 10 heteroatoms. The number of sulfonamides is 1. The molecule has 0 aromatic heterocycles. The van der Waals surface area contributed by atoms with E-state index in [2.05, 4.69) is 10.6 Å². The van der Waals surface area contributed by atoms with Gasteiger partial charge in [0.2, 0.25) is 15.9 Å². The van der Waals surface area contributed by atoms with Crippen molar-refractivity contribution >= 4 is 38.9 Å². The molecule has 0 unspecified atom stereocenters. The number of hydrogen-bond acceptors (Lipinski definition) is 6. The van der Waals surface area contributed by atoms with E-state index in [1.165, 1.54) is 40.4 Å². The van der Waals surface area contributed by atoms with Crippen LogP contribution in [0, 0.1) is 0 Å². The second kappa shape index (κ2) is 9.13. The van der Waals surface area contributed by atoms with Crippen LogP contribution in [0.3, 0.4) is 0 Å². The summed E-state index contributed by atoms with van der Waals surface area (Å²) in [6, 6.07) is 9.40. The van der Waals surface area contributed by atoms with Crippen LogP contribution >= 0.6 is 11.6 Å². The van der Waals surface area contributed by atoms with Crippen molar-refractivity contribution in [3.63, 3.8) is 0 Å². The summed E-state index contributed by atoms with van der Waals surface area (Å²) in [6.45, 7) is -0.0709. The molecule has 0 saturated heterocycles. The number of hydrogen-bond donors (Lipinski definition) is 2. The summed E-state index contributed by atoms with van der Waals surface area (Å²) in [5.74, 6) is 0.356. The molecular weight excluding hydrogens is 406 g/mol. The summed E-state index contributed by atoms with van der Waals surface area (Å²) in [4.78, 5) is 12.2. The fourth-order valence-electron chi connectivity index (χ4n) is 2.35. The number of carbonyl (C=O) groups is 1. The Morgan fingerprint density at radius 1 is 1.07 bits per heavy atom. The second-order valence-electron chi connectivity index (χ2n) is 5.90. The van der Waals surface area contributed by atoms with Gasteiger partial charge in [0.15, 0.2) is 0 Å². The van der Waals surface area contributed by atoms with Gasteiger partial charge in [-0.1, -0.05) is 11.6 Å². The molecule has 0 aliphatic carbocycles. The maximum atomic E-state index is 12.5. The Bertz CT molecular complexity index is 964. The number of methoxy groups -OCH3 is 2. The van der Waals surface area contributed by atoms with Gasteiger partial charge in [-0.2, -0.15) is 0 Å². The van der Waals surface area contributed by atoms with E-state index in [0.717, 1.165) is 4.31 Å². The average Bonchev–Trinajstić information content (AvgIpc) is 2.66. The van der Waals surface area contributed by atoms with Gasteiger partial charge in [-0.3, -0.25) is 4.79 Å². The lowest BCUT2D eigenvalue weighted by Crippen LogP contribution is -2.24. The minimum Gasteiger partial charge on any atom is -0.495 e. The highest BCUT2D eigenvalue weighted by Crippen LogP contribution is 2.29. The second-order valence-corrected chi connectivity index (χ2v) is 8.46. The molecule has 2 aromatic rings. The highest BCUT2D eigenvalue weighted by Gasteiger charge is 2.23. The Balaban J connectivity index is 2.15. The number of benzene rings is 2. The largest absolute Gasteiger partial charge is 0.495 e. The molecular formula is C18H22ClN3O5S. The van der Waals surface area contributed by atoms with Crippen LogP contribution in [0.4, 0.5) is 11.4 Å². The van der Waals surface area contributed by atoms with E-state index >= 15 is 0 Å². The molecule has 0 saturated carbocycles. The van der Waals surface area contributed by atoms with Crippen LogP contribution in [0.25, 0.3) is 0 Å². The zero-order chi connectivity index (χ0) is 20.9. The molecule has 2 aromatic carbocycles. The van der Waals surface area contributed by atoms with Crippen LogP contribution < -0.4 is 20.1 Å². The molecule has 0 aliphatic rings. The van der Waals surface area contributed by atoms with Gasteiger partial charge in [0, 0.05) is 24.8 Å². The number of amides is 1. The van der Waals surface area contributed by atoms with Crippen LogP contribution in [0.5, 0.6) is 11.5 Å². The summed E-state index contributed by atoms with van der Waals surface area (Å²) in [5, 5.41) is 6.09. The van der Waals surface area contributed by atoms with Crippen LogP contribution in [0.2, 0.25) is 5.02 Å². The SMILES string of the molecule is COc1ccc(Cl)cc1NCC(=O)Nc1ccc(OC)c(S(=O)(=O)N(C)C)c1. The lowest BCUT2D eigenvalue weighted by molar-refractivity contribution is -0.114. The van der Waals surface area contributed by atoms with E-state index in [4.69, 9.17) is 21.1 Å². The summed E-state index contributed by atoms with van der Waals surface area (Å²) >= 11 is 5.96. The van der Waals surface area contributed by atoms with Crippen molar-refractivity contribution in [1.29, 1.82) is 0 Å². The van der Waals surface area contributed by atoms with Gasteiger partial charge in [-0.15, -0.1) is 0 Å². The molecule has 0 atom stereocenters. The van der Waals surface area contributed by atoms with E-state index in [9.17, 15) is 13.2 Å². The molecule has 0 radical (unpaired) electrons. The third-order valence-corrected chi connectivity index (χ3v) is 5.88. The van der Waals surface area contributed by atoms with Crippen LogP contribution in [-0.4, -0.2) is 53.5 Å². The van der Waals surface area contributed by atoms with Crippen molar-refractivity contribution in [3.8, 4) is 11.5 Å². The first kappa shape index (κ1) is 21.8. The third kappa shape index (κ3) is 5.06. The number of anilines is 2. The van der Waals surface area contributed by atoms with Crippen molar-refractivity contribution in [2.75, 3.05) is 45.5 Å². The molecule has 1 amide bonds. The van der Waals surface area contributed by atoms with Gasteiger partial charge in [0.25, 0.3) is 0 Å². The number of nitrogens with one attached hydrogen (secondary N) is 2. The minimum absolute atomic E-state index is 0.0396. The van der Waals surface area contributed by atoms with Crippen molar-refractivity contribution in [3.05, 3.63) is 41.4 Å². The highest BCUT2D eigenvalue weighted by atomic mass is 35.5. The molecule has 0 fully saturated rings. The van der Waals surface area contributed by atoms with E-state index in [1.54, 1.807) is 24.3 Å². The fraction of sp³-hybridized carbons (Fsp3) is 0.278. The van der Waals surface area contributed by atoms with Gasteiger partial charge >= 0.3 is 0 Å². The van der Waals surface area contributed by atoms with Gasteiger partial charge in [0.05, 0.1) is 26.5 Å². The zero-order valence-electron chi connectivity index (χ0n) is 15.9. The van der Waals surface area contributed by atoms with Gasteiger partial charge in [-0.05, 0) is 36.4 Å². The first-order valence-corrected chi connectivity index (χ1v) is 9.98. The standard InChI is InChI=1S/C18H22ClN3O5S/c1-22(2)28(24,25)17-10-13(6-8-16(17)27-4)21-18(23)11-20-14-9-12(19)5-7-15(14)26-3/h5-10,20H,11H2,1-4H3,(H,21,23). The molecule has 0 aliphatic heterocycles. The molecule has 2 rings (SSSR count). The molecule has 0 bridgehead atoms. The van der Waals surface area contributed by atoms with Gasteiger partial charge in [0.1, 0.15) is 16.4 Å². The number of ether oxygens (including phenoxy) is 2. The fourth-order valence-corrected chi connectivity index (χ4v) is 3.60. The maximum absolute atomic E-state index is 12.5. The Hall–Kier alpha value is -2.49. The molecule has 0 heterocycles. The Morgan fingerprint density at radius 2 is 1.71 bits per heavy atom. The third-order valence-electron chi connectivity index (χ3n) is 3.81. The minimum atomic E-state index is -3.74. The van der Waals surface area contributed by atoms with Gasteiger partial charge in [-0.25, -0.2) is 12.7 Å². The van der Waals surface area contributed by atoms with E-state index < -0.39 is 10.0 Å². The van der Waals surface area contributed by atoms with Crippen molar-refractivity contribution in [1.82, 2.24) is 4.31 Å². The first-order chi connectivity index (χ1) is 13.2. The molecule has 152 valence electrons. The summed E-state index contributed by atoms with van der Waals surface area (Å²) in [5.41, 5.74) is 0.891. The number of nitrogens with zero attached hydrogens (tertiary/aromatic N) is 1. The number of halogens is 1. The predicted octanol–water partition coefficient (Wildman–Crippen LogP) is 2.66. The van der Waals surface area contributed by atoms with Crippen molar-refractivity contribution < 1.29 is 22.7 Å². The maximum Gasteiger partial charge on any atom is 0.246 e. The average molecular weight is 428 g/mol. The zero-order valence-corrected chi connectivity index (χ0v) is 17.5. The first-order valence-electron chi connectivity index (χ1n) is 8.17.